The van der Waals surface area contributed by atoms with Gasteiger partial charge in [0.05, 0.1) is 0 Å². The van der Waals surface area contributed by atoms with Crippen LogP contribution in [0.3, 0.4) is 0 Å². The second-order valence-electron chi connectivity index (χ2n) is 8.10. The number of rotatable bonds is 5. The number of thioether (sulfide) groups is 1. The minimum absolute atomic E-state index is 0.390. The molecule has 0 radical (unpaired) electrons. The molecule has 1 heterocycles. The molecule has 0 bridgehead atoms. The normalized spacial score (nSPS) is 41.9. The van der Waals surface area contributed by atoms with E-state index >= 15 is 0 Å². The number of hydrogen-bond donors (Lipinski definition) is 1. The van der Waals surface area contributed by atoms with Crippen LogP contribution in [0, 0.1) is 11.8 Å². The number of nitrogens with zero attached hydrogens (tertiary/aromatic N) is 1. The van der Waals surface area contributed by atoms with Crippen LogP contribution in [0.4, 0.5) is 0 Å². The Balaban J connectivity index is 1.69. The summed E-state index contributed by atoms with van der Waals surface area (Å²) in [4.78, 5) is 2.93. The zero-order chi connectivity index (χ0) is 15.0. The highest BCUT2D eigenvalue weighted by molar-refractivity contribution is 7.99. The maximum absolute atomic E-state index is 3.93. The second kappa shape index (κ2) is 6.41. The van der Waals surface area contributed by atoms with Gasteiger partial charge in [0, 0.05) is 36.0 Å². The standard InChI is InChI=1S/C18H34N2S/c1-5-21-16-9-8-15(10-16)20-12-18(4,14-6-7-14)19-11-17(20)13(2)3/h13-17,19H,5-12H2,1-4H3. The third-order valence-corrected chi connectivity index (χ3v) is 7.36. The average molecular weight is 311 g/mol. The van der Waals surface area contributed by atoms with Crippen LogP contribution in [0.2, 0.25) is 0 Å². The molecule has 3 aliphatic rings. The number of piperazine rings is 1. The average Bonchev–Trinajstić information content (AvgIpc) is 3.20. The Morgan fingerprint density at radius 3 is 2.62 bits per heavy atom. The monoisotopic (exact) mass is 310 g/mol. The topological polar surface area (TPSA) is 15.3 Å². The summed E-state index contributed by atoms with van der Waals surface area (Å²) in [5, 5.41) is 4.86. The molecule has 2 aliphatic carbocycles. The highest BCUT2D eigenvalue weighted by Crippen LogP contribution is 2.43. The minimum Gasteiger partial charge on any atom is -0.308 e. The molecule has 0 amide bonds. The summed E-state index contributed by atoms with van der Waals surface area (Å²) >= 11 is 2.19. The van der Waals surface area contributed by atoms with Gasteiger partial charge in [0.15, 0.2) is 0 Å². The Kier molecular flexibility index (Phi) is 4.93. The van der Waals surface area contributed by atoms with Crippen LogP contribution in [0.1, 0.15) is 59.8 Å². The largest absolute Gasteiger partial charge is 0.308 e. The molecule has 122 valence electrons. The third kappa shape index (κ3) is 3.45. The summed E-state index contributed by atoms with van der Waals surface area (Å²) < 4.78 is 0. The second-order valence-corrected chi connectivity index (χ2v) is 9.68. The van der Waals surface area contributed by atoms with Gasteiger partial charge in [-0.2, -0.15) is 11.8 Å². The van der Waals surface area contributed by atoms with Crippen molar-refractivity contribution in [2.75, 3.05) is 18.8 Å². The van der Waals surface area contributed by atoms with Gasteiger partial charge < -0.3 is 5.32 Å². The van der Waals surface area contributed by atoms with Crippen molar-refractivity contribution in [3.8, 4) is 0 Å². The van der Waals surface area contributed by atoms with E-state index in [4.69, 9.17) is 0 Å². The lowest BCUT2D eigenvalue weighted by Gasteiger charge is -2.50. The van der Waals surface area contributed by atoms with Crippen molar-refractivity contribution in [2.24, 2.45) is 11.8 Å². The molecule has 0 aromatic heterocycles. The zero-order valence-corrected chi connectivity index (χ0v) is 15.2. The molecule has 0 spiro atoms. The molecule has 4 unspecified atom stereocenters. The predicted molar refractivity (Wildman–Crippen MR) is 94.0 cm³/mol. The molecule has 0 aromatic carbocycles. The zero-order valence-electron chi connectivity index (χ0n) is 14.4. The Bertz CT molecular complexity index is 355. The van der Waals surface area contributed by atoms with Gasteiger partial charge in [0.1, 0.15) is 0 Å². The summed E-state index contributed by atoms with van der Waals surface area (Å²) in [6.45, 7) is 12.1. The highest BCUT2D eigenvalue weighted by Gasteiger charge is 2.48. The van der Waals surface area contributed by atoms with E-state index in [0.717, 1.165) is 29.2 Å². The van der Waals surface area contributed by atoms with E-state index in [2.05, 4.69) is 49.7 Å². The van der Waals surface area contributed by atoms with Crippen molar-refractivity contribution in [1.29, 1.82) is 0 Å². The van der Waals surface area contributed by atoms with Gasteiger partial charge in [-0.25, -0.2) is 0 Å². The lowest BCUT2D eigenvalue weighted by molar-refractivity contribution is 0.0202. The Morgan fingerprint density at radius 1 is 1.24 bits per heavy atom. The Hall–Kier alpha value is 0.270. The van der Waals surface area contributed by atoms with E-state index in [-0.39, 0.29) is 0 Å². The van der Waals surface area contributed by atoms with Crippen molar-refractivity contribution < 1.29 is 0 Å². The fourth-order valence-electron chi connectivity index (χ4n) is 4.63. The van der Waals surface area contributed by atoms with E-state index in [9.17, 15) is 0 Å². The van der Waals surface area contributed by atoms with Crippen molar-refractivity contribution >= 4 is 11.8 Å². The minimum atomic E-state index is 0.390. The first-order valence-corrected chi connectivity index (χ1v) is 10.2. The van der Waals surface area contributed by atoms with Crippen LogP contribution in [0.15, 0.2) is 0 Å². The van der Waals surface area contributed by atoms with Crippen LogP contribution in [-0.4, -0.2) is 46.6 Å². The molecule has 1 saturated heterocycles. The summed E-state index contributed by atoms with van der Waals surface area (Å²) in [6.07, 6.45) is 7.20. The molecule has 21 heavy (non-hydrogen) atoms. The summed E-state index contributed by atoms with van der Waals surface area (Å²) in [5.41, 5.74) is 0.390. The van der Waals surface area contributed by atoms with Crippen LogP contribution < -0.4 is 5.32 Å². The van der Waals surface area contributed by atoms with E-state index in [1.165, 1.54) is 50.9 Å². The summed E-state index contributed by atoms with van der Waals surface area (Å²) in [5.74, 6) is 2.99. The SMILES string of the molecule is CCSC1CCC(N2CC(C)(C3CC3)NCC2C(C)C)C1. The van der Waals surface area contributed by atoms with Gasteiger partial charge in [-0.1, -0.05) is 20.8 Å². The summed E-state index contributed by atoms with van der Waals surface area (Å²) in [6, 6.07) is 1.59. The third-order valence-electron chi connectivity index (χ3n) is 6.13. The quantitative estimate of drug-likeness (QED) is 0.832. The van der Waals surface area contributed by atoms with Gasteiger partial charge in [0.25, 0.3) is 0 Å². The highest BCUT2D eigenvalue weighted by atomic mass is 32.2. The van der Waals surface area contributed by atoms with Crippen molar-refractivity contribution in [3.63, 3.8) is 0 Å². The van der Waals surface area contributed by atoms with Gasteiger partial charge in [-0.05, 0) is 56.6 Å². The predicted octanol–water partition coefficient (Wildman–Crippen LogP) is 3.76. The molecule has 2 saturated carbocycles. The lowest BCUT2D eigenvalue weighted by Crippen LogP contribution is -2.66. The smallest absolute Gasteiger partial charge is 0.0309 e. The maximum Gasteiger partial charge on any atom is 0.0309 e. The van der Waals surface area contributed by atoms with Gasteiger partial charge in [-0.15, -0.1) is 0 Å². The number of nitrogens with one attached hydrogen (secondary N) is 1. The first-order valence-electron chi connectivity index (χ1n) is 9.16. The molecule has 0 aromatic rings. The molecular formula is C18H34N2S. The molecule has 2 nitrogen and oxygen atoms in total. The summed E-state index contributed by atoms with van der Waals surface area (Å²) in [7, 11) is 0. The fraction of sp³-hybridized carbons (Fsp3) is 1.00. The van der Waals surface area contributed by atoms with Crippen molar-refractivity contribution in [2.45, 2.75) is 82.7 Å². The molecule has 1 aliphatic heterocycles. The van der Waals surface area contributed by atoms with Crippen LogP contribution in [-0.2, 0) is 0 Å². The molecule has 3 fully saturated rings. The van der Waals surface area contributed by atoms with Crippen LogP contribution in [0.5, 0.6) is 0 Å². The van der Waals surface area contributed by atoms with Crippen molar-refractivity contribution in [3.05, 3.63) is 0 Å². The van der Waals surface area contributed by atoms with E-state index in [1.54, 1.807) is 0 Å². The van der Waals surface area contributed by atoms with E-state index < -0.39 is 0 Å². The van der Waals surface area contributed by atoms with Gasteiger partial charge in [0.2, 0.25) is 0 Å². The Morgan fingerprint density at radius 2 is 2.00 bits per heavy atom. The first kappa shape index (κ1) is 16.1. The molecule has 3 heteroatoms. The fourth-order valence-corrected chi connectivity index (χ4v) is 5.76. The van der Waals surface area contributed by atoms with Crippen LogP contribution >= 0.6 is 11.8 Å². The maximum atomic E-state index is 3.93. The van der Waals surface area contributed by atoms with Crippen LogP contribution in [0.25, 0.3) is 0 Å². The molecule has 1 N–H and O–H groups in total. The molecule has 4 atom stereocenters. The lowest BCUT2D eigenvalue weighted by atomic mass is 9.86. The first-order chi connectivity index (χ1) is 10.0. The number of hydrogen-bond acceptors (Lipinski definition) is 3. The van der Waals surface area contributed by atoms with E-state index in [1.807, 2.05) is 0 Å². The van der Waals surface area contributed by atoms with Gasteiger partial charge >= 0.3 is 0 Å². The molecular weight excluding hydrogens is 276 g/mol. The van der Waals surface area contributed by atoms with Gasteiger partial charge in [-0.3, -0.25) is 4.90 Å². The Labute approximate surface area is 135 Å². The van der Waals surface area contributed by atoms with E-state index in [0.29, 0.717) is 5.54 Å². The van der Waals surface area contributed by atoms with Crippen molar-refractivity contribution in [1.82, 2.24) is 10.2 Å². The molecule has 3 rings (SSSR count).